The molecule has 0 saturated carbocycles. The van der Waals surface area contributed by atoms with Gasteiger partial charge in [-0.2, -0.15) is 0 Å². The Morgan fingerprint density at radius 3 is 2.88 bits per heavy atom. The summed E-state index contributed by atoms with van der Waals surface area (Å²) in [6.45, 7) is 7.88. The van der Waals surface area contributed by atoms with E-state index < -0.39 is 0 Å². The maximum Gasteiger partial charge on any atom is 0.112 e. The Labute approximate surface area is 102 Å². The quantitative estimate of drug-likeness (QED) is 0.860. The molecule has 1 aliphatic heterocycles. The van der Waals surface area contributed by atoms with Crippen molar-refractivity contribution >= 4 is 11.3 Å². The van der Waals surface area contributed by atoms with Gasteiger partial charge in [-0.05, 0) is 33.6 Å². The van der Waals surface area contributed by atoms with Crippen molar-refractivity contribution in [3.05, 3.63) is 16.6 Å². The zero-order valence-corrected chi connectivity index (χ0v) is 11.1. The SMILES string of the molecule is CC1CC(N)CCN1C(C)(C)c1nccs1. The van der Waals surface area contributed by atoms with E-state index in [1.807, 2.05) is 6.20 Å². The van der Waals surface area contributed by atoms with Gasteiger partial charge in [0.05, 0.1) is 5.54 Å². The third-order valence-electron chi connectivity index (χ3n) is 3.59. The predicted octanol–water partition coefficient (Wildman–Crippen LogP) is 2.19. The van der Waals surface area contributed by atoms with Crippen LogP contribution in [0.5, 0.6) is 0 Å². The summed E-state index contributed by atoms with van der Waals surface area (Å²) in [7, 11) is 0. The van der Waals surface area contributed by atoms with E-state index in [4.69, 9.17) is 5.73 Å². The monoisotopic (exact) mass is 239 g/mol. The Morgan fingerprint density at radius 1 is 1.56 bits per heavy atom. The van der Waals surface area contributed by atoms with E-state index in [9.17, 15) is 0 Å². The van der Waals surface area contributed by atoms with Crippen LogP contribution in [0.4, 0.5) is 0 Å². The molecule has 0 aliphatic carbocycles. The number of rotatable bonds is 2. The van der Waals surface area contributed by atoms with Crippen molar-refractivity contribution in [1.82, 2.24) is 9.88 Å². The number of hydrogen-bond acceptors (Lipinski definition) is 4. The average molecular weight is 239 g/mol. The highest BCUT2D eigenvalue weighted by atomic mass is 32.1. The number of nitrogens with two attached hydrogens (primary N) is 1. The van der Waals surface area contributed by atoms with Crippen molar-refractivity contribution in [3.63, 3.8) is 0 Å². The van der Waals surface area contributed by atoms with Gasteiger partial charge in [0.1, 0.15) is 5.01 Å². The van der Waals surface area contributed by atoms with Crippen LogP contribution in [-0.4, -0.2) is 28.5 Å². The average Bonchev–Trinajstić information content (AvgIpc) is 2.69. The summed E-state index contributed by atoms with van der Waals surface area (Å²) in [6.07, 6.45) is 4.08. The fourth-order valence-electron chi connectivity index (χ4n) is 2.69. The molecule has 2 N–H and O–H groups in total. The summed E-state index contributed by atoms with van der Waals surface area (Å²) in [5.74, 6) is 0. The van der Waals surface area contributed by atoms with Gasteiger partial charge in [0.2, 0.25) is 0 Å². The summed E-state index contributed by atoms with van der Waals surface area (Å²) < 4.78 is 0. The van der Waals surface area contributed by atoms with Crippen molar-refractivity contribution in [3.8, 4) is 0 Å². The number of piperidine rings is 1. The van der Waals surface area contributed by atoms with Crippen LogP contribution in [0.3, 0.4) is 0 Å². The summed E-state index contributed by atoms with van der Waals surface area (Å²) in [5.41, 5.74) is 6.05. The Bertz CT molecular complexity index is 334. The standard InChI is InChI=1S/C12H21N3S/c1-9-8-10(13)4-6-15(9)12(2,3)11-14-5-7-16-11/h5,7,9-10H,4,6,8,13H2,1-3H3. The highest BCUT2D eigenvalue weighted by Gasteiger charge is 2.36. The van der Waals surface area contributed by atoms with Crippen LogP contribution in [-0.2, 0) is 5.54 Å². The minimum absolute atomic E-state index is 0.0354. The lowest BCUT2D eigenvalue weighted by Gasteiger charge is -2.45. The maximum absolute atomic E-state index is 6.01. The molecule has 2 atom stereocenters. The van der Waals surface area contributed by atoms with E-state index in [1.54, 1.807) is 11.3 Å². The molecule has 2 unspecified atom stereocenters. The fourth-order valence-corrected chi connectivity index (χ4v) is 3.47. The number of hydrogen-bond donors (Lipinski definition) is 1. The molecule has 0 radical (unpaired) electrons. The van der Waals surface area contributed by atoms with Gasteiger partial charge in [0.15, 0.2) is 0 Å². The van der Waals surface area contributed by atoms with Gasteiger partial charge in [-0.15, -0.1) is 11.3 Å². The first-order valence-electron chi connectivity index (χ1n) is 5.94. The van der Waals surface area contributed by atoms with E-state index in [1.165, 1.54) is 5.01 Å². The van der Waals surface area contributed by atoms with Crippen LogP contribution < -0.4 is 5.73 Å². The molecule has 90 valence electrons. The Hall–Kier alpha value is -0.450. The Kier molecular flexibility index (Phi) is 3.33. The second-order valence-electron chi connectivity index (χ2n) is 5.22. The lowest BCUT2D eigenvalue weighted by Crippen LogP contribution is -2.53. The molecule has 1 aliphatic rings. The van der Waals surface area contributed by atoms with Gasteiger partial charge in [-0.3, -0.25) is 4.90 Å². The van der Waals surface area contributed by atoms with E-state index in [0.29, 0.717) is 12.1 Å². The van der Waals surface area contributed by atoms with E-state index in [-0.39, 0.29) is 5.54 Å². The van der Waals surface area contributed by atoms with Crippen molar-refractivity contribution < 1.29 is 0 Å². The van der Waals surface area contributed by atoms with Gasteiger partial charge in [-0.25, -0.2) is 4.98 Å². The first kappa shape index (κ1) is 12.0. The summed E-state index contributed by atoms with van der Waals surface area (Å²) in [6, 6.07) is 0.918. The lowest BCUT2D eigenvalue weighted by molar-refractivity contribution is 0.0396. The summed E-state index contributed by atoms with van der Waals surface area (Å²) >= 11 is 1.74. The highest BCUT2D eigenvalue weighted by molar-refractivity contribution is 7.09. The molecule has 16 heavy (non-hydrogen) atoms. The Morgan fingerprint density at radius 2 is 2.31 bits per heavy atom. The number of nitrogens with zero attached hydrogens (tertiary/aromatic N) is 2. The van der Waals surface area contributed by atoms with Crippen LogP contribution in [0.15, 0.2) is 11.6 Å². The molecule has 1 aromatic rings. The molecule has 0 aromatic carbocycles. The summed E-state index contributed by atoms with van der Waals surface area (Å²) in [5, 5.41) is 3.26. The number of aromatic nitrogens is 1. The number of likely N-dealkylation sites (tertiary alicyclic amines) is 1. The molecule has 2 heterocycles. The van der Waals surface area contributed by atoms with E-state index >= 15 is 0 Å². The smallest absolute Gasteiger partial charge is 0.112 e. The highest BCUT2D eigenvalue weighted by Crippen LogP contribution is 2.34. The molecule has 4 heteroatoms. The van der Waals surface area contributed by atoms with Crippen LogP contribution in [0.25, 0.3) is 0 Å². The number of thiazole rings is 1. The minimum atomic E-state index is 0.0354. The normalized spacial score (nSPS) is 28.2. The van der Waals surface area contributed by atoms with Crippen molar-refractivity contribution in [2.75, 3.05) is 6.54 Å². The van der Waals surface area contributed by atoms with Gasteiger partial charge < -0.3 is 5.73 Å². The largest absolute Gasteiger partial charge is 0.328 e. The van der Waals surface area contributed by atoms with Crippen LogP contribution in [0, 0.1) is 0 Å². The molecular formula is C12H21N3S. The molecule has 0 spiro atoms. The van der Waals surface area contributed by atoms with Crippen LogP contribution in [0.2, 0.25) is 0 Å². The fraction of sp³-hybridized carbons (Fsp3) is 0.750. The molecule has 1 aromatic heterocycles. The molecule has 0 amide bonds. The molecule has 2 rings (SSSR count). The van der Waals surface area contributed by atoms with Crippen molar-refractivity contribution in [2.45, 2.75) is 51.2 Å². The van der Waals surface area contributed by atoms with Crippen molar-refractivity contribution in [1.29, 1.82) is 0 Å². The summed E-state index contributed by atoms with van der Waals surface area (Å²) in [4.78, 5) is 7.00. The van der Waals surface area contributed by atoms with Crippen molar-refractivity contribution in [2.24, 2.45) is 5.73 Å². The molecule has 1 fully saturated rings. The molecule has 3 nitrogen and oxygen atoms in total. The second-order valence-corrected chi connectivity index (χ2v) is 6.12. The van der Waals surface area contributed by atoms with Gasteiger partial charge in [-0.1, -0.05) is 0 Å². The predicted molar refractivity (Wildman–Crippen MR) is 68.5 cm³/mol. The minimum Gasteiger partial charge on any atom is -0.328 e. The first-order valence-corrected chi connectivity index (χ1v) is 6.82. The van der Waals surface area contributed by atoms with E-state index in [2.05, 4.69) is 36.0 Å². The molecular weight excluding hydrogens is 218 g/mol. The lowest BCUT2D eigenvalue weighted by atomic mass is 9.92. The van der Waals surface area contributed by atoms with Crippen LogP contribution >= 0.6 is 11.3 Å². The van der Waals surface area contributed by atoms with Crippen LogP contribution in [0.1, 0.15) is 38.6 Å². The molecule has 1 saturated heterocycles. The topological polar surface area (TPSA) is 42.1 Å². The molecule has 0 bridgehead atoms. The second kappa shape index (κ2) is 4.43. The Balaban J connectivity index is 2.17. The zero-order valence-electron chi connectivity index (χ0n) is 10.3. The third-order valence-corrected chi connectivity index (χ3v) is 4.68. The van der Waals surface area contributed by atoms with Gasteiger partial charge in [0.25, 0.3) is 0 Å². The zero-order chi connectivity index (χ0) is 11.8. The third kappa shape index (κ3) is 2.14. The maximum atomic E-state index is 6.01. The van der Waals surface area contributed by atoms with E-state index in [0.717, 1.165) is 19.4 Å². The first-order chi connectivity index (χ1) is 7.51. The van der Waals surface area contributed by atoms with Gasteiger partial charge in [0, 0.05) is 30.2 Å². The van der Waals surface area contributed by atoms with Gasteiger partial charge >= 0.3 is 0 Å².